The van der Waals surface area contributed by atoms with Crippen molar-refractivity contribution in [2.75, 3.05) is 26.2 Å². The summed E-state index contributed by atoms with van der Waals surface area (Å²) >= 11 is 0. The number of piperazine rings is 1. The molecular formula is C19H24N4O3. The molecule has 0 unspecified atom stereocenters. The largest absolute Gasteiger partial charge is 0.444 e. The molecule has 1 saturated heterocycles. The number of nitrogens with zero attached hydrogens (tertiary/aromatic N) is 3. The topological polar surface area (TPSA) is 78.7 Å². The lowest BCUT2D eigenvalue weighted by Crippen LogP contribution is -2.56. The molecule has 0 atom stereocenters. The van der Waals surface area contributed by atoms with Crippen LogP contribution in [0.2, 0.25) is 0 Å². The monoisotopic (exact) mass is 356 g/mol. The molecule has 26 heavy (non-hydrogen) atoms. The molecule has 7 heteroatoms. The number of carbonyl (C=O) groups excluding carboxylic acids is 2. The summed E-state index contributed by atoms with van der Waals surface area (Å²) in [5.74, 6) is 0.646. The van der Waals surface area contributed by atoms with Crippen molar-refractivity contribution in [3.8, 4) is 11.3 Å². The van der Waals surface area contributed by atoms with Crippen LogP contribution < -0.4 is 5.32 Å². The first-order chi connectivity index (χ1) is 12.3. The van der Waals surface area contributed by atoms with E-state index in [0.29, 0.717) is 37.5 Å². The molecule has 138 valence electrons. The highest BCUT2D eigenvalue weighted by Crippen LogP contribution is 2.20. The fourth-order valence-corrected chi connectivity index (χ4v) is 2.83. The molecule has 0 saturated carbocycles. The van der Waals surface area contributed by atoms with E-state index in [1.807, 2.05) is 32.9 Å². The Kier molecular flexibility index (Phi) is 4.97. The van der Waals surface area contributed by atoms with E-state index in [0.717, 1.165) is 5.56 Å². The highest BCUT2D eigenvalue weighted by atomic mass is 16.3. The Morgan fingerprint density at radius 3 is 2.19 bits per heavy atom. The molecule has 7 nitrogen and oxygen atoms in total. The third-order valence-corrected chi connectivity index (χ3v) is 4.18. The molecule has 0 bridgehead atoms. The Balaban J connectivity index is 1.57. The molecule has 3 amide bonds. The van der Waals surface area contributed by atoms with Crippen molar-refractivity contribution in [1.82, 2.24) is 20.1 Å². The number of benzene rings is 1. The van der Waals surface area contributed by atoms with Crippen molar-refractivity contribution < 1.29 is 14.0 Å². The van der Waals surface area contributed by atoms with Crippen LogP contribution in [-0.2, 0) is 0 Å². The Morgan fingerprint density at radius 2 is 1.65 bits per heavy atom. The van der Waals surface area contributed by atoms with Gasteiger partial charge in [-0.1, -0.05) is 12.1 Å². The van der Waals surface area contributed by atoms with Crippen LogP contribution in [0.3, 0.4) is 0 Å². The number of amides is 3. The Labute approximate surface area is 153 Å². The summed E-state index contributed by atoms with van der Waals surface area (Å²) in [6, 6.07) is 7.19. The standard InChI is InChI=1S/C19H24N4O3/c1-19(2,3)21-18(25)23-10-8-22(9-11-23)17(24)15-6-4-14(5-7-15)16-12-20-13-26-16/h4-7,12-13H,8-11H2,1-3H3,(H,21,25). The van der Waals surface area contributed by atoms with Crippen molar-refractivity contribution in [3.63, 3.8) is 0 Å². The zero-order valence-corrected chi connectivity index (χ0v) is 15.4. The molecule has 0 aliphatic carbocycles. The fraction of sp³-hybridized carbons (Fsp3) is 0.421. The summed E-state index contributed by atoms with van der Waals surface area (Å²) in [6.45, 7) is 7.97. The molecule has 1 N–H and O–H groups in total. The molecule has 1 aliphatic heterocycles. The molecule has 2 heterocycles. The number of hydrogen-bond donors (Lipinski definition) is 1. The van der Waals surface area contributed by atoms with Crippen molar-refractivity contribution in [2.24, 2.45) is 0 Å². The second kappa shape index (κ2) is 7.19. The fourth-order valence-electron chi connectivity index (χ4n) is 2.83. The number of nitrogens with one attached hydrogen (secondary N) is 1. The average Bonchev–Trinajstić information content (AvgIpc) is 3.14. The predicted molar refractivity (Wildman–Crippen MR) is 97.7 cm³/mol. The van der Waals surface area contributed by atoms with Gasteiger partial charge in [-0.05, 0) is 32.9 Å². The molecule has 0 spiro atoms. The van der Waals surface area contributed by atoms with Gasteiger partial charge in [0, 0.05) is 42.8 Å². The smallest absolute Gasteiger partial charge is 0.317 e. The molecule has 2 aromatic rings. The van der Waals surface area contributed by atoms with Gasteiger partial charge >= 0.3 is 6.03 Å². The van der Waals surface area contributed by atoms with Crippen molar-refractivity contribution in [1.29, 1.82) is 0 Å². The summed E-state index contributed by atoms with van der Waals surface area (Å²) in [6.07, 6.45) is 3.02. The Hall–Kier alpha value is -2.83. The summed E-state index contributed by atoms with van der Waals surface area (Å²) in [5, 5.41) is 2.95. The number of urea groups is 1. The zero-order valence-electron chi connectivity index (χ0n) is 15.4. The van der Waals surface area contributed by atoms with Crippen molar-refractivity contribution in [3.05, 3.63) is 42.4 Å². The van der Waals surface area contributed by atoms with Gasteiger partial charge in [0.1, 0.15) is 0 Å². The lowest BCUT2D eigenvalue weighted by atomic mass is 10.1. The van der Waals surface area contributed by atoms with Crippen molar-refractivity contribution >= 4 is 11.9 Å². The molecule has 0 radical (unpaired) electrons. The molecule has 1 aromatic carbocycles. The maximum atomic E-state index is 12.7. The minimum atomic E-state index is -0.269. The van der Waals surface area contributed by atoms with Gasteiger partial charge in [-0.3, -0.25) is 4.79 Å². The lowest BCUT2D eigenvalue weighted by molar-refractivity contribution is 0.0661. The van der Waals surface area contributed by atoms with E-state index in [1.54, 1.807) is 28.1 Å². The first-order valence-corrected chi connectivity index (χ1v) is 8.69. The number of rotatable bonds is 2. The van der Waals surface area contributed by atoms with E-state index in [2.05, 4.69) is 10.3 Å². The minimum Gasteiger partial charge on any atom is -0.444 e. The van der Waals surface area contributed by atoms with Gasteiger partial charge in [-0.15, -0.1) is 0 Å². The van der Waals surface area contributed by atoms with E-state index in [-0.39, 0.29) is 17.5 Å². The Morgan fingerprint density at radius 1 is 1.04 bits per heavy atom. The normalized spacial score (nSPS) is 15.0. The third kappa shape index (κ3) is 4.22. The highest BCUT2D eigenvalue weighted by Gasteiger charge is 2.26. The van der Waals surface area contributed by atoms with E-state index >= 15 is 0 Å². The van der Waals surface area contributed by atoms with Gasteiger partial charge in [0.2, 0.25) is 0 Å². The summed E-state index contributed by atoms with van der Waals surface area (Å²) in [5.41, 5.74) is 1.23. The second-order valence-corrected chi connectivity index (χ2v) is 7.40. The van der Waals surface area contributed by atoms with Crippen LogP contribution in [0, 0.1) is 0 Å². The summed E-state index contributed by atoms with van der Waals surface area (Å²) in [7, 11) is 0. The molecular weight excluding hydrogens is 332 g/mol. The highest BCUT2D eigenvalue weighted by molar-refractivity contribution is 5.94. The van der Waals surface area contributed by atoms with Crippen LogP contribution in [0.1, 0.15) is 31.1 Å². The van der Waals surface area contributed by atoms with Gasteiger partial charge in [0.25, 0.3) is 5.91 Å². The van der Waals surface area contributed by atoms with Crippen molar-refractivity contribution in [2.45, 2.75) is 26.3 Å². The van der Waals surface area contributed by atoms with Crippen LogP contribution in [-0.4, -0.2) is 58.4 Å². The summed E-state index contributed by atoms with van der Waals surface area (Å²) < 4.78 is 5.26. The van der Waals surface area contributed by atoms with Crippen LogP contribution in [0.25, 0.3) is 11.3 Å². The first-order valence-electron chi connectivity index (χ1n) is 8.69. The van der Waals surface area contributed by atoms with Gasteiger partial charge in [0.05, 0.1) is 6.20 Å². The van der Waals surface area contributed by atoms with Crippen LogP contribution >= 0.6 is 0 Å². The predicted octanol–water partition coefficient (Wildman–Crippen LogP) is 2.61. The van der Waals surface area contributed by atoms with Gasteiger partial charge < -0.3 is 19.5 Å². The first kappa shape index (κ1) is 18.0. The van der Waals surface area contributed by atoms with E-state index in [4.69, 9.17) is 4.42 Å². The lowest BCUT2D eigenvalue weighted by Gasteiger charge is -2.36. The zero-order chi connectivity index (χ0) is 18.7. The van der Waals surface area contributed by atoms with Gasteiger partial charge in [-0.2, -0.15) is 0 Å². The number of carbonyl (C=O) groups is 2. The minimum absolute atomic E-state index is 0.0231. The number of aromatic nitrogens is 1. The van der Waals surface area contributed by atoms with E-state index in [9.17, 15) is 9.59 Å². The van der Waals surface area contributed by atoms with E-state index in [1.165, 1.54) is 6.39 Å². The maximum absolute atomic E-state index is 12.7. The SMILES string of the molecule is CC(C)(C)NC(=O)N1CCN(C(=O)c2ccc(-c3cnco3)cc2)CC1. The quantitative estimate of drug-likeness (QED) is 0.897. The van der Waals surface area contributed by atoms with Crippen LogP contribution in [0.15, 0.2) is 41.3 Å². The molecule has 1 aliphatic rings. The number of hydrogen-bond acceptors (Lipinski definition) is 4. The molecule has 1 fully saturated rings. The van der Waals surface area contributed by atoms with Gasteiger partial charge in [0.15, 0.2) is 12.2 Å². The Bertz CT molecular complexity index is 755. The second-order valence-electron chi connectivity index (χ2n) is 7.40. The molecule has 1 aromatic heterocycles. The average molecular weight is 356 g/mol. The van der Waals surface area contributed by atoms with Crippen LogP contribution in [0.5, 0.6) is 0 Å². The van der Waals surface area contributed by atoms with Crippen LogP contribution in [0.4, 0.5) is 4.79 Å². The maximum Gasteiger partial charge on any atom is 0.317 e. The summed E-state index contributed by atoms with van der Waals surface area (Å²) in [4.78, 5) is 32.3. The van der Waals surface area contributed by atoms with E-state index < -0.39 is 0 Å². The third-order valence-electron chi connectivity index (χ3n) is 4.18. The molecule has 3 rings (SSSR count). The van der Waals surface area contributed by atoms with Gasteiger partial charge in [-0.25, -0.2) is 9.78 Å². The number of oxazole rings is 1.